The number of thioether (sulfide) groups is 1. The van der Waals surface area contributed by atoms with Crippen LogP contribution in [-0.4, -0.2) is 40.3 Å². The van der Waals surface area contributed by atoms with Gasteiger partial charge in [0.2, 0.25) is 0 Å². The quantitative estimate of drug-likeness (QED) is 0.644. The van der Waals surface area contributed by atoms with Crippen LogP contribution in [0, 0.1) is 0 Å². The van der Waals surface area contributed by atoms with Gasteiger partial charge in [0.15, 0.2) is 0 Å². The Kier molecular flexibility index (Phi) is 5.23. The van der Waals surface area contributed by atoms with Crippen molar-refractivity contribution in [3.63, 3.8) is 0 Å². The van der Waals surface area contributed by atoms with Crippen LogP contribution in [0.3, 0.4) is 0 Å². The van der Waals surface area contributed by atoms with Crippen molar-refractivity contribution in [3.05, 3.63) is 32.6 Å². The molecule has 122 valence electrons. The third kappa shape index (κ3) is 3.46. The van der Waals surface area contributed by atoms with Crippen LogP contribution in [0.4, 0.5) is 4.79 Å². The topological polar surface area (TPSA) is 83.9 Å². The molecule has 1 aliphatic heterocycles. The summed E-state index contributed by atoms with van der Waals surface area (Å²) in [6.45, 7) is 1.39. The number of carbonyl (C=O) groups is 3. The summed E-state index contributed by atoms with van der Waals surface area (Å²) in [5.41, 5.74) is 0.193. The molecule has 6 nitrogen and oxygen atoms in total. The number of carbonyl (C=O) groups excluding carboxylic acids is 3. The SMILES string of the molecule is COC(=O)[C@H](C)N1C(=O)S/C(=C/c2cc(Cl)cc(Cl)c2O)C1=O. The minimum atomic E-state index is -1.05. The summed E-state index contributed by atoms with van der Waals surface area (Å²) in [4.78, 5) is 36.7. The Morgan fingerprint density at radius 1 is 1.39 bits per heavy atom. The Morgan fingerprint density at radius 3 is 2.65 bits per heavy atom. The summed E-state index contributed by atoms with van der Waals surface area (Å²) < 4.78 is 4.54. The number of imide groups is 1. The van der Waals surface area contributed by atoms with E-state index >= 15 is 0 Å². The van der Waals surface area contributed by atoms with Crippen molar-refractivity contribution >= 4 is 58.2 Å². The van der Waals surface area contributed by atoms with Crippen LogP contribution >= 0.6 is 35.0 Å². The molecule has 23 heavy (non-hydrogen) atoms. The maximum atomic E-state index is 12.3. The molecule has 1 saturated heterocycles. The fraction of sp³-hybridized carbons (Fsp3) is 0.214. The number of rotatable bonds is 3. The standard InChI is InChI=1S/C14H11Cl2NO5S/c1-6(13(20)22-2)17-12(19)10(23-14(17)21)4-7-3-8(15)5-9(16)11(7)18/h3-6,18H,1-2H3/b10-4+/t6-/m0/s1. The van der Waals surface area contributed by atoms with Gasteiger partial charge in [-0.25, -0.2) is 4.79 Å². The number of aromatic hydroxyl groups is 1. The molecule has 2 rings (SSSR count). The van der Waals surface area contributed by atoms with Crippen LogP contribution in [-0.2, 0) is 14.3 Å². The molecule has 2 amide bonds. The molecule has 1 atom stereocenters. The monoisotopic (exact) mass is 375 g/mol. The second kappa shape index (κ2) is 6.82. The zero-order chi connectivity index (χ0) is 17.3. The molecule has 0 radical (unpaired) electrons. The number of nitrogens with zero attached hydrogens (tertiary/aromatic N) is 1. The normalized spacial score (nSPS) is 17.7. The highest BCUT2D eigenvalue weighted by Crippen LogP contribution is 2.38. The van der Waals surface area contributed by atoms with E-state index < -0.39 is 23.2 Å². The van der Waals surface area contributed by atoms with E-state index in [9.17, 15) is 19.5 Å². The van der Waals surface area contributed by atoms with Gasteiger partial charge >= 0.3 is 5.97 Å². The number of halogens is 2. The van der Waals surface area contributed by atoms with Crippen LogP contribution in [0.1, 0.15) is 12.5 Å². The van der Waals surface area contributed by atoms with Crippen molar-refractivity contribution in [2.75, 3.05) is 7.11 Å². The van der Waals surface area contributed by atoms with Gasteiger partial charge in [0.1, 0.15) is 11.8 Å². The Morgan fingerprint density at radius 2 is 2.04 bits per heavy atom. The number of hydrogen-bond acceptors (Lipinski definition) is 6. The molecule has 0 bridgehead atoms. The van der Waals surface area contributed by atoms with Crippen molar-refractivity contribution in [2.24, 2.45) is 0 Å². The highest BCUT2D eigenvalue weighted by Gasteiger charge is 2.41. The lowest BCUT2D eigenvalue weighted by Crippen LogP contribution is -2.42. The minimum Gasteiger partial charge on any atom is -0.506 e. The number of hydrogen-bond donors (Lipinski definition) is 1. The van der Waals surface area contributed by atoms with Gasteiger partial charge in [-0.15, -0.1) is 0 Å². The van der Waals surface area contributed by atoms with Crippen LogP contribution in [0.15, 0.2) is 17.0 Å². The van der Waals surface area contributed by atoms with Gasteiger partial charge in [-0.1, -0.05) is 23.2 Å². The molecule has 0 saturated carbocycles. The molecule has 0 spiro atoms. The van der Waals surface area contributed by atoms with E-state index in [1.807, 2.05) is 0 Å². The van der Waals surface area contributed by atoms with Gasteiger partial charge in [0.25, 0.3) is 11.1 Å². The van der Waals surface area contributed by atoms with Crippen molar-refractivity contribution in [1.29, 1.82) is 0 Å². The Labute approximate surface area is 146 Å². The zero-order valence-corrected chi connectivity index (χ0v) is 14.3. The number of ether oxygens (including phenoxy) is 1. The number of benzene rings is 1. The van der Waals surface area contributed by atoms with Gasteiger partial charge in [-0.3, -0.25) is 14.5 Å². The van der Waals surface area contributed by atoms with Crippen LogP contribution in [0.5, 0.6) is 5.75 Å². The lowest BCUT2D eigenvalue weighted by atomic mass is 10.1. The molecule has 1 N–H and O–H groups in total. The van der Waals surface area contributed by atoms with E-state index in [1.165, 1.54) is 32.2 Å². The number of esters is 1. The predicted octanol–water partition coefficient (Wildman–Crippen LogP) is 3.30. The molecule has 1 aromatic rings. The van der Waals surface area contributed by atoms with E-state index in [4.69, 9.17) is 23.2 Å². The number of phenols is 1. The van der Waals surface area contributed by atoms with Gasteiger partial charge < -0.3 is 9.84 Å². The second-order valence-corrected chi connectivity index (χ2v) is 6.41. The summed E-state index contributed by atoms with van der Waals surface area (Å²) in [5.74, 6) is -1.63. The summed E-state index contributed by atoms with van der Waals surface area (Å²) >= 11 is 12.3. The smallest absolute Gasteiger partial charge is 0.328 e. The lowest BCUT2D eigenvalue weighted by Gasteiger charge is -2.18. The largest absolute Gasteiger partial charge is 0.506 e. The molecule has 0 aliphatic carbocycles. The molecule has 1 aliphatic rings. The minimum absolute atomic E-state index is 0.0194. The van der Waals surface area contributed by atoms with Crippen molar-refractivity contribution < 1.29 is 24.2 Å². The van der Waals surface area contributed by atoms with Crippen molar-refractivity contribution in [1.82, 2.24) is 4.90 Å². The lowest BCUT2D eigenvalue weighted by molar-refractivity contribution is -0.148. The number of phenolic OH excluding ortho intramolecular Hbond substituents is 1. The molecule has 0 unspecified atom stereocenters. The van der Waals surface area contributed by atoms with Crippen LogP contribution in [0.2, 0.25) is 10.0 Å². The first kappa shape index (κ1) is 17.7. The van der Waals surface area contributed by atoms with E-state index in [-0.39, 0.29) is 26.3 Å². The molecular formula is C14H11Cl2NO5S. The maximum Gasteiger partial charge on any atom is 0.328 e. The number of amides is 2. The third-order valence-corrected chi connectivity index (χ3v) is 4.49. The van der Waals surface area contributed by atoms with E-state index in [0.717, 1.165) is 4.90 Å². The first-order valence-corrected chi connectivity index (χ1v) is 7.86. The van der Waals surface area contributed by atoms with Crippen LogP contribution < -0.4 is 0 Å². The molecule has 9 heteroatoms. The molecular weight excluding hydrogens is 365 g/mol. The average Bonchev–Trinajstić information content (AvgIpc) is 2.77. The summed E-state index contributed by atoms with van der Waals surface area (Å²) in [5, 5.41) is 9.59. The Bertz CT molecular complexity index is 734. The molecule has 1 aromatic carbocycles. The fourth-order valence-electron chi connectivity index (χ4n) is 1.93. The van der Waals surface area contributed by atoms with E-state index in [0.29, 0.717) is 11.8 Å². The summed E-state index contributed by atoms with van der Waals surface area (Å²) in [6, 6.07) is 1.70. The van der Waals surface area contributed by atoms with E-state index in [1.54, 1.807) is 0 Å². The van der Waals surface area contributed by atoms with E-state index in [2.05, 4.69) is 4.74 Å². The van der Waals surface area contributed by atoms with Crippen molar-refractivity contribution in [2.45, 2.75) is 13.0 Å². The second-order valence-electron chi connectivity index (χ2n) is 4.58. The number of methoxy groups -OCH3 is 1. The van der Waals surface area contributed by atoms with Crippen molar-refractivity contribution in [3.8, 4) is 5.75 Å². The molecule has 0 aromatic heterocycles. The van der Waals surface area contributed by atoms with Gasteiger partial charge in [0, 0.05) is 10.6 Å². The maximum absolute atomic E-state index is 12.3. The molecule has 1 heterocycles. The average molecular weight is 376 g/mol. The predicted molar refractivity (Wildman–Crippen MR) is 87.4 cm³/mol. The van der Waals surface area contributed by atoms with Gasteiger partial charge in [-0.05, 0) is 36.9 Å². The molecule has 1 fully saturated rings. The first-order chi connectivity index (χ1) is 10.8. The highest BCUT2D eigenvalue weighted by atomic mass is 35.5. The summed E-state index contributed by atoms with van der Waals surface area (Å²) in [6.07, 6.45) is 1.29. The van der Waals surface area contributed by atoms with Gasteiger partial charge in [0.05, 0.1) is 17.0 Å². The highest BCUT2D eigenvalue weighted by molar-refractivity contribution is 8.18. The summed E-state index contributed by atoms with van der Waals surface area (Å²) in [7, 11) is 1.17. The Balaban J connectivity index is 2.38. The van der Waals surface area contributed by atoms with Crippen LogP contribution in [0.25, 0.3) is 6.08 Å². The first-order valence-electron chi connectivity index (χ1n) is 6.29. The Hall–Kier alpha value is -1.70. The van der Waals surface area contributed by atoms with Gasteiger partial charge in [-0.2, -0.15) is 0 Å². The zero-order valence-electron chi connectivity index (χ0n) is 12.0. The fourth-order valence-corrected chi connectivity index (χ4v) is 3.34. The third-order valence-electron chi connectivity index (χ3n) is 3.10.